The van der Waals surface area contributed by atoms with Gasteiger partial charge in [0.15, 0.2) is 0 Å². The summed E-state index contributed by atoms with van der Waals surface area (Å²) in [6, 6.07) is 1.89. The lowest BCUT2D eigenvalue weighted by Gasteiger charge is -2.47. The molecule has 3 heterocycles. The molecule has 2 aromatic heterocycles. The highest BCUT2D eigenvalue weighted by Gasteiger charge is 2.46. The Morgan fingerprint density at radius 2 is 2.15 bits per heavy atom. The number of hydrogen-bond donors (Lipinski definition) is 3. The number of pyridine rings is 1. The van der Waals surface area contributed by atoms with Gasteiger partial charge in [-0.3, -0.25) is 9.78 Å². The Morgan fingerprint density at radius 3 is 2.76 bits per heavy atom. The molecule has 3 atom stereocenters. The fourth-order valence-corrected chi connectivity index (χ4v) is 5.51. The van der Waals surface area contributed by atoms with E-state index in [0.717, 1.165) is 36.1 Å². The fourth-order valence-electron chi connectivity index (χ4n) is 4.86. The number of aliphatic hydroxyl groups is 1. The van der Waals surface area contributed by atoms with Crippen molar-refractivity contribution in [1.82, 2.24) is 20.6 Å². The number of hydrogen-bond acceptors (Lipinski definition) is 7. The Balaban J connectivity index is 1.49. The molecule has 3 N–H and O–H groups in total. The molecule has 1 saturated carbocycles. The average Bonchev–Trinajstić information content (AvgIpc) is 3.21. The number of thiazole rings is 1. The minimum Gasteiger partial charge on any atom is -0.471 e. The number of ether oxygens (including phenoxy) is 1. The van der Waals surface area contributed by atoms with Crippen LogP contribution in [0.15, 0.2) is 24.0 Å². The molecule has 0 bridgehead atoms. The molecule has 2 aliphatic rings. The Labute approximate surface area is 200 Å². The van der Waals surface area contributed by atoms with Gasteiger partial charge in [0, 0.05) is 55.2 Å². The van der Waals surface area contributed by atoms with E-state index in [2.05, 4.69) is 42.5 Å². The van der Waals surface area contributed by atoms with Crippen LogP contribution in [0.3, 0.4) is 0 Å². The fraction of sp³-hybridized carbons (Fsp3) is 0.640. The van der Waals surface area contributed by atoms with E-state index in [-0.39, 0.29) is 29.0 Å². The molecule has 0 saturated heterocycles. The first-order chi connectivity index (χ1) is 15.6. The molecule has 0 aromatic carbocycles. The summed E-state index contributed by atoms with van der Waals surface area (Å²) in [6.07, 6.45) is 8.61. The summed E-state index contributed by atoms with van der Waals surface area (Å²) in [5.74, 6) is 0.568. The van der Waals surface area contributed by atoms with Gasteiger partial charge < -0.3 is 20.5 Å². The van der Waals surface area contributed by atoms with Crippen LogP contribution in [0.25, 0.3) is 0 Å². The van der Waals surface area contributed by atoms with Crippen molar-refractivity contribution in [3.05, 3.63) is 40.0 Å². The lowest BCUT2D eigenvalue weighted by atomic mass is 9.73. The summed E-state index contributed by atoms with van der Waals surface area (Å²) in [6.45, 7) is 8.53. The molecule has 4 rings (SSSR count). The van der Waals surface area contributed by atoms with E-state index < -0.39 is 6.10 Å². The van der Waals surface area contributed by atoms with Gasteiger partial charge in [-0.25, -0.2) is 4.98 Å². The quantitative estimate of drug-likeness (QED) is 0.544. The molecule has 0 radical (unpaired) electrons. The predicted octanol–water partition coefficient (Wildman–Crippen LogP) is 3.57. The van der Waals surface area contributed by atoms with Crippen LogP contribution >= 0.6 is 11.3 Å². The molecule has 1 aliphatic heterocycles. The van der Waals surface area contributed by atoms with Crippen molar-refractivity contribution in [1.29, 1.82) is 0 Å². The normalized spacial score (nSPS) is 20.9. The summed E-state index contributed by atoms with van der Waals surface area (Å²) < 4.78 is 6.37. The average molecular weight is 473 g/mol. The van der Waals surface area contributed by atoms with Crippen LogP contribution < -0.4 is 15.4 Å². The largest absolute Gasteiger partial charge is 0.471 e. The maximum absolute atomic E-state index is 11.8. The molecule has 1 aliphatic carbocycles. The maximum atomic E-state index is 11.8. The highest BCUT2D eigenvalue weighted by atomic mass is 32.1. The summed E-state index contributed by atoms with van der Waals surface area (Å²) >= 11 is 1.53. The maximum Gasteiger partial charge on any atom is 0.218 e. The molecule has 180 valence electrons. The van der Waals surface area contributed by atoms with Crippen molar-refractivity contribution in [3.63, 3.8) is 0 Å². The molecular weight excluding hydrogens is 436 g/mol. The van der Waals surface area contributed by atoms with E-state index in [0.29, 0.717) is 18.8 Å². The van der Waals surface area contributed by atoms with Crippen LogP contribution in [0, 0.1) is 5.41 Å². The van der Waals surface area contributed by atoms with Gasteiger partial charge in [-0.2, -0.15) is 0 Å². The third kappa shape index (κ3) is 6.11. The van der Waals surface area contributed by atoms with Gasteiger partial charge in [-0.05, 0) is 42.7 Å². The van der Waals surface area contributed by atoms with E-state index in [1.54, 1.807) is 11.7 Å². The van der Waals surface area contributed by atoms with Crippen molar-refractivity contribution < 1.29 is 14.6 Å². The first-order valence-electron chi connectivity index (χ1n) is 11.9. The second-order valence-corrected chi connectivity index (χ2v) is 11.8. The minimum absolute atomic E-state index is 0.0532. The summed E-state index contributed by atoms with van der Waals surface area (Å²) in [5.41, 5.74) is 4.06. The topological polar surface area (TPSA) is 96.4 Å². The molecule has 33 heavy (non-hydrogen) atoms. The Kier molecular flexibility index (Phi) is 7.07. The van der Waals surface area contributed by atoms with Crippen LogP contribution in [0.5, 0.6) is 5.88 Å². The van der Waals surface area contributed by atoms with E-state index in [4.69, 9.17) is 9.72 Å². The third-order valence-electron chi connectivity index (χ3n) is 6.53. The van der Waals surface area contributed by atoms with Crippen molar-refractivity contribution in [2.45, 2.75) is 90.0 Å². The molecular formula is C25H36N4O3S. The molecule has 0 unspecified atom stereocenters. The van der Waals surface area contributed by atoms with E-state index in [9.17, 15) is 9.90 Å². The van der Waals surface area contributed by atoms with E-state index in [1.165, 1.54) is 30.2 Å². The van der Waals surface area contributed by atoms with E-state index in [1.807, 2.05) is 6.20 Å². The third-order valence-corrected chi connectivity index (χ3v) is 7.33. The number of nitrogens with zero attached hydrogens (tertiary/aromatic N) is 2. The zero-order valence-electron chi connectivity index (χ0n) is 20.1. The monoisotopic (exact) mass is 472 g/mol. The smallest absolute Gasteiger partial charge is 0.218 e. The zero-order chi connectivity index (χ0) is 23.6. The molecule has 1 spiro atoms. The molecule has 8 heteroatoms. The lowest BCUT2D eigenvalue weighted by Crippen LogP contribution is -2.52. The number of fused-ring (bicyclic) bond motifs is 1. The number of rotatable bonds is 8. The van der Waals surface area contributed by atoms with Gasteiger partial charge in [-0.1, -0.05) is 20.8 Å². The second kappa shape index (κ2) is 9.68. The second-order valence-electron chi connectivity index (χ2n) is 10.8. The van der Waals surface area contributed by atoms with Crippen molar-refractivity contribution in [3.8, 4) is 5.88 Å². The Hall–Kier alpha value is -2.03. The summed E-state index contributed by atoms with van der Waals surface area (Å²) in [7, 11) is 0. The predicted molar refractivity (Wildman–Crippen MR) is 129 cm³/mol. The number of carbonyl (C=O) groups excluding carboxylic acids is 1. The Bertz CT molecular complexity index is 953. The van der Waals surface area contributed by atoms with Gasteiger partial charge in [0.2, 0.25) is 11.8 Å². The van der Waals surface area contributed by atoms with Gasteiger partial charge >= 0.3 is 0 Å². The Morgan fingerprint density at radius 1 is 1.36 bits per heavy atom. The van der Waals surface area contributed by atoms with Gasteiger partial charge in [0.1, 0.15) is 5.60 Å². The standard InChI is InChI=1S/C25H36N4O3S/c1-16(30)29-20(9-18-13-26-15-33-18)22(31)14-27-21-11-25(6-5-7-25)32-23-19(21)8-17(12-28-23)10-24(2,3)4/h8,12-13,15,20-22,27,31H,5-7,9-11,14H2,1-4H3,(H,29,30)/t20-,21-,22-/m0/s1. The van der Waals surface area contributed by atoms with E-state index >= 15 is 0 Å². The number of aromatic nitrogens is 2. The van der Waals surface area contributed by atoms with Crippen LogP contribution in [0.1, 0.15) is 75.4 Å². The lowest BCUT2D eigenvalue weighted by molar-refractivity contribution is -0.120. The van der Waals surface area contributed by atoms with Crippen LogP contribution in [0.2, 0.25) is 0 Å². The van der Waals surface area contributed by atoms with Crippen molar-refractivity contribution in [2.75, 3.05) is 6.54 Å². The summed E-state index contributed by atoms with van der Waals surface area (Å²) in [4.78, 5) is 21.6. The van der Waals surface area contributed by atoms with Crippen LogP contribution in [0.4, 0.5) is 0 Å². The number of nitrogens with one attached hydrogen (secondary N) is 2. The van der Waals surface area contributed by atoms with Gasteiger partial charge in [-0.15, -0.1) is 11.3 Å². The van der Waals surface area contributed by atoms with Crippen LogP contribution in [-0.4, -0.2) is 45.3 Å². The van der Waals surface area contributed by atoms with Crippen molar-refractivity contribution in [2.24, 2.45) is 5.41 Å². The first-order valence-corrected chi connectivity index (χ1v) is 12.7. The number of carbonyl (C=O) groups is 1. The molecule has 1 amide bonds. The number of aliphatic hydroxyl groups excluding tert-OH is 1. The highest BCUT2D eigenvalue weighted by molar-refractivity contribution is 7.09. The molecule has 1 fully saturated rings. The molecule has 2 aromatic rings. The highest BCUT2D eigenvalue weighted by Crippen LogP contribution is 2.48. The van der Waals surface area contributed by atoms with Crippen molar-refractivity contribution >= 4 is 17.2 Å². The van der Waals surface area contributed by atoms with Gasteiger partial charge in [0.05, 0.1) is 17.7 Å². The number of amides is 1. The molecule has 7 nitrogen and oxygen atoms in total. The first kappa shape index (κ1) is 24.1. The van der Waals surface area contributed by atoms with Crippen LogP contribution in [-0.2, 0) is 17.6 Å². The zero-order valence-corrected chi connectivity index (χ0v) is 20.9. The SMILES string of the molecule is CC(=O)N[C@@H](Cc1cncs1)[C@@H](O)CN[C@H]1CC2(CCC2)Oc2ncc(CC(C)(C)C)cc21. The van der Waals surface area contributed by atoms with Gasteiger partial charge in [0.25, 0.3) is 0 Å². The minimum atomic E-state index is -0.731. The summed E-state index contributed by atoms with van der Waals surface area (Å²) in [5, 5.41) is 17.5.